The number of nitrogens with zero attached hydrogens (tertiary/aromatic N) is 1. The van der Waals surface area contributed by atoms with E-state index in [9.17, 15) is 9.59 Å². The molecular formula is C14H17BrN2O2. The van der Waals surface area contributed by atoms with Crippen molar-refractivity contribution in [2.45, 2.75) is 6.92 Å². The van der Waals surface area contributed by atoms with E-state index in [0.717, 1.165) is 4.47 Å². The molecule has 5 heteroatoms. The van der Waals surface area contributed by atoms with Gasteiger partial charge in [-0.25, -0.2) is 0 Å². The summed E-state index contributed by atoms with van der Waals surface area (Å²) in [6.45, 7) is 6.48. The minimum absolute atomic E-state index is 0.0298. The van der Waals surface area contributed by atoms with Gasteiger partial charge in [-0.1, -0.05) is 22.0 Å². The zero-order valence-electron chi connectivity index (χ0n) is 10.9. The van der Waals surface area contributed by atoms with Crippen LogP contribution in [0, 0.1) is 0 Å². The Morgan fingerprint density at radius 2 is 2.00 bits per heavy atom. The van der Waals surface area contributed by atoms with Gasteiger partial charge in [0, 0.05) is 36.6 Å². The normalized spacial score (nSPS) is 9.79. The van der Waals surface area contributed by atoms with Crippen molar-refractivity contribution in [3.8, 4) is 0 Å². The van der Waals surface area contributed by atoms with Crippen molar-refractivity contribution in [1.82, 2.24) is 10.2 Å². The summed E-state index contributed by atoms with van der Waals surface area (Å²) in [4.78, 5) is 24.7. The Morgan fingerprint density at radius 1 is 1.37 bits per heavy atom. The van der Waals surface area contributed by atoms with E-state index in [1.165, 1.54) is 6.92 Å². The third-order valence-electron chi connectivity index (χ3n) is 2.57. The minimum Gasteiger partial charge on any atom is -0.350 e. The third kappa shape index (κ3) is 5.26. The largest absolute Gasteiger partial charge is 0.350 e. The van der Waals surface area contributed by atoms with Gasteiger partial charge in [0.2, 0.25) is 5.91 Å². The fourth-order valence-corrected chi connectivity index (χ4v) is 1.81. The van der Waals surface area contributed by atoms with Crippen LogP contribution in [0.25, 0.3) is 0 Å². The van der Waals surface area contributed by atoms with E-state index in [-0.39, 0.29) is 11.8 Å². The van der Waals surface area contributed by atoms with Crippen molar-refractivity contribution in [1.29, 1.82) is 0 Å². The predicted molar refractivity (Wildman–Crippen MR) is 78.9 cm³/mol. The monoisotopic (exact) mass is 324 g/mol. The first kappa shape index (κ1) is 15.4. The fourth-order valence-electron chi connectivity index (χ4n) is 1.54. The summed E-state index contributed by atoms with van der Waals surface area (Å²) >= 11 is 3.31. The maximum atomic E-state index is 11.8. The maximum Gasteiger partial charge on any atom is 0.251 e. The topological polar surface area (TPSA) is 49.4 Å². The average Bonchev–Trinajstić information content (AvgIpc) is 2.38. The zero-order valence-corrected chi connectivity index (χ0v) is 12.4. The minimum atomic E-state index is -0.144. The van der Waals surface area contributed by atoms with Gasteiger partial charge in [0.1, 0.15) is 0 Å². The zero-order chi connectivity index (χ0) is 14.3. The van der Waals surface area contributed by atoms with Gasteiger partial charge in [0.25, 0.3) is 5.91 Å². The standard InChI is InChI=1S/C14H17BrN2O2/c1-3-9-17(11(2)18)10-8-16-14(19)12-4-6-13(15)7-5-12/h3-7H,1,8-10H2,2H3,(H,16,19). The molecule has 1 aromatic rings. The van der Waals surface area contributed by atoms with Gasteiger partial charge in [-0.05, 0) is 24.3 Å². The lowest BCUT2D eigenvalue weighted by Gasteiger charge is -2.19. The molecule has 0 saturated carbocycles. The Kier molecular flexibility index (Phi) is 6.29. The van der Waals surface area contributed by atoms with Gasteiger partial charge in [-0.2, -0.15) is 0 Å². The molecule has 1 rings (SSSR count). The number of carbonyl (C=O) groups excluding carboxylic acids is 2. The van der Waals surface area contributed by atoms with Crippen molar-refractivity contribution in [2.24, 2.45) is 0 Å². The van der Waals surface area contributed by atoms with Crippen molar-refractivity contribution < 1.29 is 9.59 Å². The summed E-state index contributed by atoms with van der Waals surface area (Å²) in [6.07, 6.45) is 1.66. The van der Waals surface area contributed by atoms with Crippen LogP contribution in [-0.2, 0) is 4.79 Å². The van der Waals surface area contributed by atoms with Crippen LogP contribution in [0.5, 0.6) is 0 Å². The molecule has 2 amide bonds. The van der Waals surface area contributed by atoms with E-state index in [1.807, 2.05) is 12.1 Å². The van der Waals surface area contributed by atoms with E-state index in [1.54, 1.807) is 23.1 Å². The lowest BCUT2D eigenvalue weighted by atomic mass is 10.2. The number of nitrogens with one attached hydrogen (secondary N) is 1. The molecule has 0 saturated heterocycles. The average molecular weight is 325 g/mol. The molecular weight excluding hydrogens is 308 g/mol. The molecule has 0 aliphatic rings. The molecule has 1 N–H and O–H groups in total. The van der Waals surface area contributed by atoms with E-state index in [2.05, 4.69) is 27.8 Å². The maximum absolute atomic E-state index is 11.8. The van der Waals surface area contributed by atoms with Crippen LogP contribution in [0.4, 0.5) is 0 Å². The second-order valence-electron chi connectivity index (χ2n) is 4.02. The highest BCUT2D eigenvalue weighted by atomic mass is 79.9. The SMILES string of the molecule is C=CCN(CCNC(=O)c1ccc(Br)cc1)C(C)=O. The van der Waals surface area contributed by atoms with Gasteiger partial charge >= 0.3 is 0 Å². The number of amides is 2. The van der Waals surface area contributed by atoms with Crippen LogP contribution < -0.4 is 5.32 Å². The number of hydrogen-bond donors (Lipinski definition) is 1. The molecule has 0 heterocycles. The summed E-state index contributed by atoms with van der Waals surface area (Å²) in [5.41, 5.74) is 0.598. The van der Waals surface area contributed by atoms with Crippen molar-refractivity contribution in [3.05, 3.63) is 47.0 Å². The number of benzene rings is 1. The first-order valence-electron chi connectivity index (χ1n) is 5.94. The third-order valence-corrected chi connectivity index (χ3v) is 3.10. The summed E-state index contributed by atoms with van der Waals surface area (Å²) in [5, 5.41) is 2.78. The molecule has 0 spiro atoms. The Balaban J connectivity index is 2.43. The van der Waals surface area contributed by atoms with Crippen LogP contribution in [0.3, 0.4) is 0 Å². The quantitative estimate of drug-likeness (QED) is 0.816. The molecule has 0 atom stereocenters. The second-order valence-corrected chi connectivity index (χ2v) is 4.93. The van der Waals surface area contributed by atoms with Crippen LogP contribution in [0.1, 0.15) is 17.3 Å². The van der Waals surface area contributed by atoms with E-state index in [0.29, 0.717) is 25.2 Å². The van der Waals surface area contributed by atoms with Crippen LogP contribution >= 0.6 is 15.9 Å². The van der Waals surface area contributed by atoms with Crippen molar-refractivity contribution in [3.63, 3.8) is 0 Å². The second kappa shape index (κ2) is 7.74. The lowest BCUT2D eigenvalue weighted by molar-refractivity contribution is -0.128. The highest BCUT2D eigenvalue weighted by Crippen LogP contribution is 2.10. The molecule has 0 unspecified atom stereocenters. The Morgan fingerprint density at radius 3 is 2.53 bits per heavy atom. The fraction of sp³-hybridized carbons (Fsp3) is 0.286. The number of rotatable bonds is 6. The molecule has 0 bridgehead atoms. The van der Waals surface area contributed by atoms with Crippen LogP contribution in [-0.4, -0.2) is 36.3 Å². The van der Waals surface area contributed by atoms with Crippen molar-refractivity contribution in [2.75, 3.05) is 19.6 Å². The summed E-state index contributed by atoms with van der Waals surface area (Å²) in [5.74, 6) is -0.174. The lowest BCUT2D eigenvalue weighted by Crippen LogP contribution is -2.37. The highest BCUT2D eigenvalue weighted by molar-refractivity contribution is 9.10. The highest BCUT2D eigenvalue weighted by Gasteiger charge is 2.08. The molecule has 0 aliphatic carbocycles. The molecule has 102 valence electrons. The Hall–Kier alpha value is -1.62. The predicted octanol–water partition coefficient (Wildman–Crippen LogP) is 2.21. The van der Waals surface area contributed by atoms with Gasteiger partial charge in [0.15, 0.2) is 0 Å². The first-order valence-corrected chi connectivity index (χ1v) is 6.74. The summed E-state index contributed by atoms with van der Waals surface area (Å²) in [7, 11) is 0. The van der Waals surface area contributed by atoms with Gasteiger partial charge in [0.05, 0.1) is 0 Å². The number of hydrogen-bond acceptors (Lipinski definition) is 2. The smallest absolute Gasteiger partial charge is 0.251 e. The Bertz CT molecular complexity index is 457. The van der Waals surface area contributed by atoms with E-state index in [4.69, 9.17) is 0 Å². The first-order chi connectivity index (χ1) is 9.04. The number of carbonyl (C=O) groups is 2. The molecule has 19 heavy (non-hydrogen) atoms. The van der Waals surface area contributed by atoms with Gasteiger partial charge < -0.3 is 10.2 Å². The summed E-state index contributed by atoms with van der Waals surface area (Å²) in [6, 6.07) is 7.11. The van der Waals surface area contributed by atoms with Crippen LogP contribution in [0.15, 0.2) is 41.4 Å². The summed E-state index contributed by atoms with van der Waals surface area (Å²) < 4.78 is 0.929. The number of halogens is 1. The molecule has 0 aromatic heterocycles. The van der Waals surface area contributed by atoms with Crippen molar-refractivity contribution >= 4 is 27.7 Å². The van der Waals surface area contributed by atoms with E-state index >= 15 is 0 Å². The molecule has 0 aliphatic heterocycles. The van der Waals surface area contributed by atoms with Gasteiger partial charge in [-0.3, -0.25) is 9.59 Å². The molecule has 0 fully saturated rings. The molecule has 1 aromatic carbocycles. The molecule has 4 nitrogen and oxygen atoms in total. The van der Waals surface area contributed by atoms with Crippen LogP contribution in [0.2, 0.25) is 0 Å². The Labute approximate surface area is 121 Å². The molecule has 0 radical (unpaired) electrons. The van der Waals surface area contributed by atoms with E-state index < -0.39 is 0 Å². The van der Waals surface area contributed by atoms with Gasteiger partial charge in [-0.15, -0.1) is 6.58 Å².